The second-order valence-corrected chi connectivity index (χ2v) is 14.4. The predicted octanol–water partition coefficient (Wildman–Crippen LogP) is 0.678. The summed E-state index contributed by atoms with van der Waals surface area (Å²) in [4.78, 5) is 9.06. The number of hydroxylamine groups is 4. The maximum Gasteiger partial charge on any atom is 0.200 e. The number of benzene rings is 4. The van der Waals surface area contributed by atoms with E-state index in [-0.39, 0.29) is 26.4 Å². The fourth-order valence-corrected chi connectivity index (χ4v) is 7.80. The Morgan fingerprint density at radius 2 is 1.11 bits per heavy atom. The van der Waals surface area contributed by atoms with E-state index < -0.39 is 32.0 Å². The standard InChI is InChI=1S/C16H16N2O3S.C16H15N2O3S/c2*1-12-14-9-5-6-10-15(14)17-16(18(12)19)11-22(20,21)13-7-3-2-4-8-13/h2-10,16,18H,11H2,1H3;2-10,16H,11H2,1H3/q;-1. The summed E-state index contributed by atoms with van der Waals surface area (Å²) in [5, 5.41) is 28.0. The summed E-state index contributed by atoms with van der Waals surface area (Å²) in [6.07, 6.45) is -1.83. The highest BCUT2D eigenvalue weighted by Crippen LogP contribution is 2.17. The number of nitrogens with one attached hydrogen (secondary N) is 1. The molecule has 0 amide bonds. The Morgan fingerprint density at radius 1 is 0.659 bits per heavy atom. The smallest absolute Gasteiger partial charge is 0.200 e. The first-order valence-corrected chi connectivity index (χ1v) is 17.1. The van der Waals surface area contributed by atoms with E-state index in [9.17, 15) is 27.3 Å². The minimum atomic E-state index is -3.57. The zero-order chi connectivity index (χ0) is 31.5. The molecule has 0 bridgehead atoms. The average molecular weight is 632 g/mol. The van der Waals surface area contributed by atoms with Crippen LogP contribution in [0.1, 0.15) is 13.8 Å². The molecule has 0 radical (unpaired) electrons. The molecule has 1 N–H and O–H groups in total. The van der Waals surface area contributed by atoms with E-state index in [0.29, 0.717) is 27.2 Å². The van der Waals surface area contributed by atoms with Crippen molar-refractivity contribution in [2.24, 2.45) is 9.98 Å². The molecule has 3 atom stereocenters. The molecule has 0 saturated carbocycles. The Balaban J connectivity index is 0.000000175. The van der Waals surface area contributed by atoms with Crippen molar-refractivity contribution in [3.63, 3.8) is 0 Å². The van der Waals surface area contributed by atoms with Gasteiger partial charge in [-0.3, -0.25) is 4.99 Å². The van der Waals surface area contributed by atoms with Gasteiger partial charge in [0.05, 0.1) is 31.5 Å². The number of hydrogen-bond donors (Lipinski definition) is 1. The SMILES string of the molecule is CC1=c2ccccc2=NC(CS(=O)(=O)c2ccccc2)N1[O-].CC1=c2ccccc2=NC(CS(=O)(=O)c2ccccc2)[NH+]1[O-]. The molecule has 2 aliphatic heterocycles. The van der Waals surface area contributed by atoms with Gasteiger partial charge in [0.25, 0.3) is 0 Å². The summed E-state index contributed by atoms with van der Waals surface area (Å²) < 4.78 is 49.7. The van der Waals surface area contributed by atoms with E-state index in [1.165, 1.54) is 24.3 Å². The summed E-state index contributed by atoms with van der Waals surface area (Å²) >= 11 is 0. The van der Waals surface area contributed by atoms with Crippen LogP contribution in [0.3, 0.4) is 0 Å². The summed E-state index contributed by atoms with van der Waals surface area (Å²) in [6, 6.07) is 30.8. The second kappa shape index (κ2) is 12.8. The van der Waals surface area contributed by atoms with Crippen LogP contribution in [0.15, 0.2) is 129 Å². The van der Waals surface area contributed by atoms with E-state index in [0.717, 1.165) is 10.4 Å². The van der Waals surface area contributed by atoms with E-state index in [4.69, 9.17) is 0 Å². The lowest BCUT2D eigenvalue weighted by Gasteiger charge is -2.39. The Bertz CT molecular complexity index is 1970. The van der Waals surface area contributed by atoms with Crippen LogP contribution in [0.2, 0.25) is 0 Å². The van der Waals surface area contributed by atoms with Crippen molar-refractivity contribution in [2.75, 3.05) is 11.5 Å². The molecule has 10 nitrogen and oxygen atoms in total. The second-order valence-electron chi connectivity index (χ2n) is 10.4. The van der Waals surface area contributed by atoms with E-state index in [1.807, 2.05) is 30.3 Å². The summed E-state index contributed by atoms with van der Waals surface area (Å²) in [6.45, 7) is 3.40. The van der Waals surface area contributed by atoms with Crippen LogP contribution in [-0.2, 0) is 19.7 Å². The number of rotatable bonds is 6. The molecular weight excluding hydrogens is 601 g/mol. The van der Waals surface area contributed by atoms with Gasteiger partial charge in [-0.15, -0.1) is 0 Å². The number of nitrogens with zero attached hydrogens (tertiary/aromatic N) is 3. The molecule has 0 saturated heterocycles. The van der Waals surface area contributed by atoms with Gasteiger partial charge >= 0.3 is 0 Å². The van der Waals surface area contributed by atoms with Gasteiger partial charge in [-0.05, 0) is 49.4 Å². The van der Waals surface area contributed by atoms with Crippen molar-refractivity contribution in [3.8, 4) is 0 Å². The molecule has 4 aromatic carbocycles. The van der Waals surface area contributed by atoms with Crippen molar-refractivity contribution in [1.82, 2.24) is 5.06 Å². The summed E-state index contributed by atoms with van der Waals surface area (Å²) in [7, 11) is -7.11. The molecule has 3 unspecified atom stereocenters. The number of fused-ring (bicyclic) bond motifs is 2. The molecule has 0 aromatic heterocycles. The van der Waals surface area contributed by atoms with Crippen molar-refractivity contribution in [3.05, 3.63) is 141 Å². The van der Waals surface area contributed by atoms with Gasteiger partial charge < -0.3 is 20.5 Å². The minimum absolute atomic E-state index is 0.204. The summed E-state index contributed by atoms with van der Waals surface area (Å²) in [5.41, 5.74) is 1.05. The zero-order valence-corrected chi connectivity index (χ0v) is 25.7. The molecule has 2 aliphatic rings. The van der Waals surface area contributed by atoms with Crippen LogP contribution in [0.25, 0.3) is 11.4 Å². The van der Waals surface area contributed by atoms with Gasteiger partial charge in [-0.25, -0.2) is 21.8 Å². The molecule has 0 spiro atoms. The fraction of sp³-hybridized carbons (Fsp3) is 0.188. The van der Waals surface area contributed by atoms with Gasteiger partial charge in [0.2, 0.25) is 0 Å². The first kappa shape index (κ1) is 31.2. The third-order valence-corrected chi connectivity index (χ3v) is 10.9. The number of quaternary nitrogens is 1. The lowest BCUT2D eigenvalue weighted by molar-refractivity contribution is -0.799. The molecule has 6 rings (SSSR count). The van der Waals surface area contributed by atoms with Crippen molar-refractivity contribution in [2.45, 2.75) is 36.0 Å². The average Bonchev–Trinajstić information content (AvgIpc) is 3.03. The van der Waals surface area contributed by atoms with Crippen LogP contribution in [0.4, 0.5) is 0 Å². The molecule has 228 valence electrons. The molecule has 0 fully saturated rings. The Hall–Kier alpha value is -4.20. The highest BCUT2D eigenvalue weighted by atomic mass is 32.2. The number of sulfone groups is 2. The normalized spacial score (nSPS) is 19.5. The Kier molecular flexibility index (Phi) is 9.09. The first-order chi connectivity index (χ1) is 21.0. The highest BCUT2D eigenvalue weighted by molar-refractivity contribution is 7.91. The maximum atomic E-state index is 12.4. The van der Waals surface area contributed by atoms with Gasteiger partial charge in [0, 0.05) is 17.8 Å². The third kappa shape index (κ3) is 6.64. The largest absolute Gasteiger partial charge is 0.757 e. The van der Waals surface area contributed by atoms with E-state index in [1.54, 1.807) is 68.4 Å². The van der Waals surface area contributed by atoms with Crippen LogP contribution in [-0.4, -0.2) is 45.7 Å². The maximum absolute atomic E-state index is 12.4. The monoisotopic (exact) mass is 631 g/mol. The lowest BCUT2D eigenvalue weighted by Crippen LogP contribution is -3.10. The topological polar surface area (TPSA) is 147 Å². The number of hydrogen-bond acceptors (Lipinski definition) is 9. The Morgan fingerprint density at radius 3 is 1.68 bits per heavy atom. The van der Waals surface area contributed by atoms with Gasteiger partial charge in [0.15, 0.2) is 25.8 Å². The van der Waals surface area contributed by atoms with Crippen LogP contribution < -0.4 is 26.2 Å². The van der Waals surface area contributed by atoms with E-state index in [2.05, 4.69) is 9.98 Å². The quantitative estimate of drug-likeness (QED) is 0.308. The van der Waals surface area contributed by atoms with Gasteiger partial charge in [0.1, 0.15) is 17.6 Å². The van der Waals surface area contributed by atoms with Gasteiger partial charge in [-0.1, -0.05) is 66.7 Å². The van der Waals surface area contributed by atoms with Crippen molar-refractivity contribution in [1.29, 1.82) is 0 Å². The zero-order valence-electron chi connectivity index (χ0n) is 24.1. The minimum Gasteiger partial charge on any atom is -0.757 e. The summed E-state index contributed by atoms with van der Waals surface area (Å²) in [5.74, 6) is -0.645. The highest BCUT2D eigenvalue weighted by Gasteiger charge is 2.28. The van der Waals surface area contributed by atoms with Gasteiger partial charge in [-0.2, -0.15) is 0 Å². The van der Waals surface area contributed by atoms with Crippen LogP contribution in [0, 0.1) is 10.4 Å². The molecule has 0 aliphatic carbocycles. The molecule has 2 heterocycles. The Labute approximate surface area is 255 Å². The van der Waals surface area contributed by atoms with Crippen molar-refractivity contribution >= 4 is 31.1 Å². The van der Waals surface area contributed by atoms with Crippen LogP contribution in [0.5, 0.6) is 0 Å². The fourth-order valence-electron chi connectivity index (χ4n) is 5.03. The number of para-hydroxylation sites is 2. The molecule has 44 heavy (non-hydrogen) atoms. The molecular formula is C32H31N4O6S2-. The lowest BCUT2D eigenvalue weighted by atomic mass is 10.2. The molecule has 12 heteroatoms. The first-order valence-electron chi connectivity index (χ1n) is 13.8. The van der Waals surface area contributed by atoms with Crippen LogP contribution >= 0.6 is 0 Å². The molecule has 4 aromatic rings. The van der Waals surface area contributed by atoms with Crippen molar-refractivity contribution < 1.29 is 21.9 Å². The third-order valence-electron chi connectivity index (χ3n) is 7.41. The predicted molar refractivity (Wildman–Crippen MR) is 167 cm³/mol. The van der Waals surface area contributed by atoms with E-state index >= 15 is 0 Å².